The highest BCUT2D eigenvalue weighted by atomic mass is 35.5. The highest BCUT2D eigenvalue weighted by molar-refractivity contribution is 7.20. The molecular weight excluding hydrogens is 406 g/mol. The molecule has 1 aliphatic heterocycles. The molecular formula is C21H28ClN5OS. The zero-order chi connectivity index (χ0) is 19.3. The fourth-order valence-electron chi connectivity index (χ4n) is 3.61. The van der Waals surface area contributed by atoms with Crippen molar-refractivity contribution in [1.82, 2.24) is 25.3 Å². The number of amides is 1. The number of piperazine rings is 1. The van der Waals surface area contributed by atoms with Crippen molar-refractivity contribution in [2.24, 2.45) is 0 Å². The van der Waals surface area contributed by atoms with E-state index in [9.17, 15) is 4.79 Å². The maximum Gasteiger partial charge on any atom is 0.261 e. The van der Waals surface area contributed by atoms with Crippen LogP contribution in [0, 0.1) is 6.92 Å². The van der Waals surface area contributed by atoms with E-state index in [4.69, 9.17) is 0 Å². The van der Waals surface area contributed by atoms with Gasteiger partial charge in [-0.15, -0.1) is 23.7 Å². The molecule has 3 heterocycles. The Balaban J connectivity index is 0.00000240. The number of nitrogens with zero attached hydrogens (tertiary/aromatic N) is 3. The molecule has 0 bridgehead atoms. The highest BCUT2D eigenvalue weighted by Gasteiger charge is 2.16. The van der Waals surface area contributed by atoms with E-state index in [1.807, 2.05) is 35.9 Å². The Morgan fingerprint density at radius 1 is 1.24 bits per heavy atom. The normalized spacial score (nSPS) is 14.7. The monoisotopic (exact) mass is 433 g/mol. The molecule has 0 atom stereocenters. The van der Waals surface area contributed by atoms with Crippen molar-refractivity contribution in [2.75, 3.05) is 39.3 Å². The summed E-state index contributed by atoms with van der Waals surface area (Å²) in [5.74, 6) is 0.0205. The van der Waals surface area contributed by atoms with E-state index in [1.165, 1.54) is 16.9 Å². The summed E-state index contributed by atoms with van der Waals surface area (Å²) in [5, 5.41) is 12.2. The first-order valence-electron chi connectivity index (χ1n) is 9.93. The lowest BCUT2D eigenvalue weighted by Crippen LogP contribution is -2.44. The van der Waals surface area contributed by atoms with E-state index < -0.39 is 0 Å². The van der Waals surface area contributed by atoms with Gasteiger partial charge in [0, 0.05) is 38.1 Å². The van der Waals surface area contributed by atoms with Crippen molar-refractivity contribution in [3.8, 4) is 0 Å². The molecule has 0 aliphatic carbocycles. The van der Waals surface area contributed by atoms with Gasteiger partial charge in [-0.2, -0.15) is 5.10 Å². The van der Waals surface area contributed by atoms with Gasteiger partial charge in [-0.25, -0.2) is 0 Å². The van der Waals surface area contributed by atoms with Crippen LogP contribution >= 0.6 is 23.7 Å². The van der Waals surface area contributed by atoms with Gasteiger partial charge in [-0.05, 0) is 31.5 Å². The average molecular weight is 434 g/mol. The summed E-state index contributed by atoms with van der Waals surface area (Å²) in [6.07, 6.45) is 0.984. The van der Waals surface area contributed by atoms with Crippen molar-refractivity contribution < 1.29 is 4.79 Å². The number of hydrogen-bond donors (Lipinski definition) is 2. The van der Waals surface area contributed by atoms with Crippen LogP contribution in [0.3, 0.4) is 0 Å². The molecule has 0 radical (unpaired) electrons. The van der Waals surface area contributed by atoms with Gasteiger partial charge < -0.3 is 15.5 Å². The molecule has 2 aromatic heterocycles. The summed E-state index contributed by atoms with van der Waals surface area (Å²) >= 11 is 1.53. The maximum absolute atomic E-state index is 12.6. The zero-order valence-corrected chi connectivity index (χ0v) is 18.3. The van der Waals surface area contributed by atoms with Crippen molar-refractivity contribution in [3.63, 3.8) is 0 Å². The Kier molecular flexibility index (Phi) is 7.66. The topological polar surface area (TPSA) is 62.2 Å². The zero-order valence-electron chi connectivity index (χ0n) is 16.7. The van der Waals surface area contributed by atoms with Gasteiger partial charge in [-0.1, -0.05) is 30.3 Å². The van der Waals surface area contributed by atoms with Crippen molar-refractivity contribution in [2.45, 2.75) is 19.9 Å². The predicted octanol–water partition coefficient (Wildman–Crippen LogP) is 2.90. The quantitative estimate of drug-likeness (QED) is 0.562. The van der Waals surface area contributed by atoms with Gasteiger partial charge >= 0.3 is 0 Å². The molecule has 1 fully saturated rings. The Bertz CT molecular complexity index is 933. The van der Waals surface area contributed by atoms with Gasteiger partial charge in [0.2, 0.25) is 0 Å². The largest absolute Gasteiger partial charge is 0.351 e. The lowest BCUT2D eigenvalue weighted by molar-refractivity contribution is 0.0955. The molecule has 1 amide bonds. The first-order chi connectivity index (χ1) is 13.7. The van der Waals surface area contributed by atoms with Gasteiger partial charge in [0.15, 0.2) is 0 Å². The van der Waals surface area contributed by atoms with Gasteiger partial charge in [0.1, 0.15) is 4.83 Å². The van der Waals surface area contributed by atoms with E-state index in [-0.39, 0.29) is 18.3 Å². The minimum Gasteiger partial charge on any atom is -0.351 e. The van der Waals surface area contributed by atoms with Crippen LogP contribution in [0.25, 0.3) is 10.2 Å². The van der Waals surface area contributed by atoms with Crippen LogP contribution in [0.4, 0.5) is 0 Å². The number of aryl methyl sites for hydroxylation is 1. The van der Waals surface area contributed by atoms with E-state index in [1.54, 1.807) is 0 Å². The molecule has 1 aliphatic rings. The third-order valence-electron chi connectivity index (χ3n) is 5.15. The summed E-state index contributed by atoms with van der Waals surface area (Å²) in [6.45, 7) is 8.80. The van der Waals surface area contributed by atoms with Crippen LogP contribution in [0.15, 0.2) is 36.4 Å². The van der Waals surface area contributed by atoms with Crippen LogP contribution in [-0.2, 0) is 6.54 Å². The summed E-state index contributed by atoms with van der Waals surface area (Å²) in [5.41, 5.74) is 2.18. The van der Waals surface area contributed by atoms with Crippen LogP contribution in [0.1, 0.15) is 27.3 Å². The van der Waals surface area contributed by atoms with Crippen LogP contribution < -0.4 is 10.6 Å². The Labute approximate surface area is 181 Å². The molecule has 0 unspecified atom stereocenters. The number of nitrogens with one attached hydrogen (secondary N) is 2. The first kappa shape index (κ1) is 21.8. The second kappa shape index (κ2) is 10.2. The molecule has 29 heavy (non-hydrogen) atoms. The summed E-state index contributed by atoms with van der Waals surface area (Å²) in [4.78, 5) is 16.9. The van der Waals surface area contributed by atoms with E-state index >= 15 is 0 Å². The third kappa shape index (κ3) is 5.36. The Hall–Kier alpha value is -1.93. The van der Waals surface area contributed by atoms with Crippen molar-refractivity contribution in [3.05, 3.63) is 52.5 Å². The summed E-state index contributed by atoms with van der Waals surface area (Å²) < 4.78 is 2.01. The van der Waals surface area contributed by atoms with Gasteiger partial charge in [-0.3, -0.25) is 9.48 Å². The summed E-state index contributed by atoms with van der Waals surface area (Å²) in [6, 6.07) is 12.3. The number of rotatable bonds is 7. The highest BCUT2D eigenvalue weighted by Crippen LogP contribution is 2.28. The number of hydrogen-bond acceptors (Lipinski definition) is 5. The molecule has 1 saturated heterocycles. The molecule has 2 N–H and O–H groups in total. The smallest absolute Gasteiger partial charge is 0.261 e. The molecule has 4 rings (SSSR count). The predicted molar refractivity (Wildman–Crippen MR) is 121 cm³/mol. The molecule has 0 spiro atoms. The number of fused-ring (bicyclic) bond motifs is 1. The lowest BCUT2D eigenvalue weighted by Gasteiger charge is -2.27. The van der Waals surface area contributed by atoms with E-state index in [2.05, 4.69) is 32.8 Å². The standard InChI is InChI=1S/C21H27N5OS.ClH/c1-16-18-14-19(20(27)23-8-5-11-25-12-9-22-10-13-25)28-21(18)26(24-16)15-17-6-3-2-4-7-17;/h2-4,6-7,14,22H,5,8-13,15H2,1H3,(H,23,27);1H. The fraction of sp³-hybridized carbons (Fsp3) is 0.429. The Morgan fingerprint density at radius 2 is 2.00 bits per heavy atom. The fourth-order valence-corrected chi connectivity index (χ4v) is 4.69. The third-order valence-corrected chi connectivity index (χ3v) is 6.30. The van der Waals surface area contributed by atoms with E-state index in [0.717, 1.165) is 66.5 Å². The Morgan fingerprint density at radius 3 is 2.76 bits per heavy atom. The first-order valence-corrected chi connectivity index (χ1v) is 10.7. The molecule has 156 valence electrons. The second-order valence-corrected chi connectivity index (χ2v) is 8.29. The SMILES string of the molecule is Cc1nn(Cc2ccccc2)c2sc(C(=O)NCCCN3CCNCC3)cc12.Cl. The van der Waals surface area contributed by atoms with Gasteiger partial charge in [0.25, 0.3) is 5.91 Å². The number of carbonyl (C=O) groups is 1. The maximum atomic E-state index is 12.6. The van der Waals surface area contributed by atoms with Crippen molar-refractivity contribution >= 4 is 39.9 Å². The minimum atomic E-state index is 0. The van der Waals surface area contributed by atoms with Gasteiger partial charge in [0.05, 0.1) is 17.1 Å². The van der Waals surface area contributed by atoms with Crippen LogP contribution in [0.2, 0.25) is 0 Å². The number of thiophene rings is 1. The molecule has 8 heteroatoms. The van der Waals surface area contributed by atoms with Crippen LogP contribution in [-0.4, -0.2) is 59.9 Å². The van der Waals surface area contributed by atoms with E-state index in [0.29, 0.717) is 6.54 Å². The lowest BCUT2D eigenvalue weighted by atomic mass is 10.2. The number of carbonyl (C=O) groups excluding carboxylic acids is 1. The average Bonchev–Trinajstić information content (AvgIpc) is 3.28. The van der Waals surface area contributed by atoms with Crippen LogP contribution in [0.5, 0.6) is 0 Å². The minimum absolute atomic E-state index is 0. The molecule has 1 aromatic carbocycles. The van der Waals surface area contributed by atoms with Crippen molar-refractivity contribution in [1.29, 1.82) is 0 Å². The second-order valence-electron chi connectivity index (χ2n) is 7.26. The number of aromatic nitrogens is 2. The molecule has 3 aromatic rings. The number of halogens is 1. The number of benzene rings is 1. The molecule has 6 nitrogen and oxygen atoms in total. The molecule has 0 saturated carbocycles. The summed E-state index contributed by atoms with van der Waals surface area (Å²) in [7, 11) is 0.